The molecule has 1 N–H and O–H groups in total. The van der Waals surface area contributed by atoms with E-state index in [2.05, 4.69) is 11.2 Å². The Labute approximate surface area is 74.9 Å². The molecule has 2 fully saturated rings. The standard InChI is InChI=1S/C11H17N/c1-2-7-12-9-11-6-4-3-5-10(11)8-11/h1,10,12H,3-9H2. The van der Waals surface area contributed by atoms with Gasteiger partial charge in [0.05, 0.1) is 6.54 Å². The van der Waals surface area contributed by atoms with Gasteiger partial charge in [-0.3, -0.25) is 0 Å². The van der Waals surface area contributed by atoms with Crippen LogP contribution >= 0.6 is 0 Å². The largest absolute Gasteiger partial charge is 0.306 e. The summed E-state index contributed by atoms with van der Waals surface area (Å²) >= 11 is 0. The molecule has 2 saturated carbocycles. The highest BCUT2D eigenvalue weighted by molar-refractivity contribution is 5.06. The summed E-state index contributed by atoms with van der Waals surface area (Å²) in [5.74, 6) is 3.67. The highest BCUT2D eigenvalue weighted by atomic mass is 14.9. The van der Waals surface area contributed by atoms with Crippen molar-refractivity contribution < 1.29 is 0 Å². The van der Waals surface area contributed by atoms with E-state index in [9.17, 15) is 0 Å². The zero-order valence-electron chi connectivity index (χ0n) is 7.60. The van der Waals surface area contributed by atoms with Crippen molar-refractivity contribution in [2.24, 2.45) is 11.3 Å². The number of rotatable bonds is 3. The Hall–Kier alpha value is -0.480. The topological polar surface area (TPSA) is 12.0 Å². The maximum atomic E-state index is 5.19. The Morgan fingerprint density at radius 2 is 2.42 bits per heavy atom. The SMILES string of the molecule is C#CCNCC12CCCCC1C2. The second-order valence-electron chi connectivity index (χ2n) is 4.32. The first-order valence-electron chi connectivity index (χ1n) is 5.02. The summed E-state index contributed by atoms with van der Waals surface area (Å²) in [6, 6.07) is 0. The van der Waals surface area contributed by atoms with E-state index in [0.717, 1.165) is 12.5 Å². The predicted octanol–water partition coefficient (Wildman–Crippen LogP) is 1.79. The molecule has 2 atom stereocenters. The summed E-state index contributed by atoms with van der Waals surface area (Å²) in [6.07, 6.45) is 12.5. The molecule has 0 aliphatic heterocycles. The lowest BCUT2D eigenvalue weighted by Crippen LogP contribution is -2.27. The Kier molecular flexibility index (Phi) is 2.11. The first kappa shape index (κ1) is 8.13. The van der Waals surface area contributed by atoms with Crippen molar-refractivity contribution in [2.45, 2.75) is 32.1 Å². The number of fused-ring (bicyclic) bond motifs is 1. The lowest BCUT2D eigenvalue weighted by Gasteiger charge is -2.21. The van der Waals surface area contributed by atoms with E-state index in [4.69, 9.17) is 6.42 Å². The molecule has 2 aliphatic rings. The highest BCUT2D eigenvalue weighted by Crippen LogP contribution is 2.60. The zero-order valence-corrected chi connectivity index (χ0v) is 7.60. The molecule has 0 aromatic rings. The van der Waals surface area contributed by atoms with Crippen molar-refractivity contribution >= 4 is 0 Å². The summed E-state index contributed by atoms with van der Waals surface area (Å²) < 4.78 is 0. The third kappa shape index (κ3) is 1.36. The van der Waals surface area contributed by atoms with E-state index >= 15 is 0 Å². The van der Waals surface area contributed by atoms with Gasteiger partial charge < -0.3 is 5.32 Å². The van der Waals surface area contributed by atoms with Gasteiger partial charge in [-0.1, -0.05) is 18.8 Å². The molecule has 0 radical (unpaired) electrons. The molecule has 1 nitrogen and oxygen atoms in total. The van der Waals surface area contributed by atoms with E-state index in [1.54, 1.807) is 0 Å². The van der Waals surface area contributed by atoms with Crippen LogP contribution in [0, 0.1) is 23.7 Å². The average molecular weight is 163 g/mol. The second-order valence-corrected chi connectivity index (χ2v) is 4.32. The van der Waals surface area contributed by atoms with E-state index in [-0.39, 0.29) is 0 Å². The highest BCUT2D eigenvalue weighted by Gasteiger charge is 2.53. The number of terminal acetylenes is 1. The van der Waals surface area contributed by atoms with Crippen molar-refractivity contribution in [2.75, 3.05) is 13.1 Å². The maximum absolute atomic E-state index is 5.19. The molecule has 0 bridgehead atoms. The summed E-state index contributed by atoms with van der Waals surface area (Å²) in [5.41, 5.74) is 0.690. The molecular formula is C11H17N. The molecule has 0 saturated heterocycles. The summed E-state index contributed by atoms with van der Waals surface area (Å²) in [7, 11) is 0. The molecule has 2 unspecified atom stereocenters. The summed E-state index contributed by atoms with van der Waals surface area (Å²) in [5, 5.41) is 3.35. The van der Waals surface area contributed by atoms with Gasteiger partial charge >= 0.3 is 0 Å². The van der Waals surface area contributed by atoms with Crippen molar-refractivity contribution in [3.05, 3.63) is 0 Å². The first-order chi connectivity index (χ1) is 5.87. The third-order valence-corrected chi connectivity index (χ3v) is 3.54. The Morgan fingerprint density at radius 3 is 3.17 bits per heavy atom. The smallest absolute Gasteiger partial charge is 0.0574 e. The molecule has 0 spiro atoms. The zero-order chi connectivity index (χ0) is 8.44. The lowest BCUT2D eigenvalue weighted by atomic mass is 9.88. The normalized spacial score (nSPS) is 38.4. The van der Waals surface area contributed by atoms with Crippen LogP contribution in [0.3, 0.4) is 0 Å². The quantitative estimate of drug-likeness (QED) is 0.494. The Morgan fingerprint density at radius 1 is 1.50 bits per heavy atom. The molecule has 0 amide bonds. The molecule has 66 valence electrons. The molecule has 0 aromatic carbocycles. The van der Waals surface area contributed by atoms with E-state index in [0.29, 0.717) is 5.41 Å². The van der Waals surface area contributed by atoms with Gasteiger partial charge in [-0.25, -0.2) is 0 Å². The molecule has 0 aromatic heterocycles. The summed E-state index contributed by atoms with van der Waals surface area (Å²) in [6.45, 7) is 1.91. The van der Waals surface area contributed by atoms with Gasteiger partial charge in [-0.05, 0) is 30.6 Å². The Bertz CT molecular complexity index is 204. The molecule has 2 rings (SSSR count). The minimum absolute atomic E-state index is 0.690. The van der Waals surface area contributed by atoms with Gasteiger partial charge in [-0.2, -0.15) is 0 Å². The van der Waals surface area contributed by atoms with Gasteiger partial charge in [0.25, 0.3) is 0 Å². The van der Waals surface area contributed by atoms with Gasteiger partial charge in [0.15, 0.2) is 0 Å². The van der Waals surface area contributed by atoms with Crippen LogP contribution in [0.1, 0.15) is 32.1 Å². The van der Waals surface area contributed by atoms with E-state index in [1.807, 2.05) is 0 Å². The third-order valence-electron chi connectivity index (χ3n) is 3.54. The first-order valence-corrected chi connectivity index (χ1v) is 5.02. The molecule has 0 heterocycles. The van der Waals surface area contributed by atoms with Gasteiger partial charge in [0.2, 0.25) is 0 Å². The van der Waals surface area contributed by atoms with Crippen LogP contribution in [-0.2, 0) is 0 Å². The van der Waals surface area contributed by atoms with Crippen LogP contribution in [0.25, 0.3) is 0 Å². The Balaban J connectivity index is 1.77. The van der Waals surface area contributed by atoms with Gasteiger partial charge in [0.1, 0.15) is 0 Å². The van der Waals surface area contributed by atoms with Crippen molar-refractivity contribution in [1.82, 2.24) is 5.32 Å². The fraction of sp³-hybridized carbons (Fsp3) is 0.818. The molecule has 2 aliphatic carbocycles. The van der Waals surface area contributed by atoms with Crippen LogP contribution in [0.2, 0.25) is 0 Å². The van der Waals surface area contributed by atoms with Crippen LogP contribution in [0.15, 0.2) is 0 Å². The minimum Gasteiger partial charge on any atom is -0.306 e. The number of hydrogen-bond donors (Lipinski definition) is 1. The van der Waals surface area contributed by atoms with E-state index in [1.165, 1.54) is 38.6 Å². The van der Waals surface area contributed by atoms with E-state index < -0.39 is 0 Å². The molecular weight excluding hydrogens is 146 g/mol. The second kappa shape index (κ2) is 3.11. The fourth-order valence-electron chi connectivity index (χ4n) is 2.70. The lowest BCUT2D eigenvalue weighted by molar-refractivity contribution is 0.326. The van der Waals surface area contributed by atoms with Gasteiger partial charge in [0, 0.05) is 6.54 Å². The summed E-state index contributed by atoms with van der Waals surface area (Å²) in [4.78, 5) is 0. The minimum atomic E-state index is 0.690. The fourth-order valence-corrected chi connectivity index (χ4v) is 2.70. The van der Waals surface area contributed by atoms with Crippen LogP contribution in [0.5, 0.6) is 0 Å². The van der Waals surface area contributed by atoms with Crippen molar-refractivity contribution in [3.63, 3.8) is 0 Å². The molecule has 1 heteroatoms. The van der Waals surface area contributed by atoms with Crippen LogP contribution in [0.4, 0.5) is 0 Å². The van der Waals surface area contributed by atoms with Crippen molar-refractivity contribution in [3.8, 4) is 12.3 Å². The average Bonchev–Trinajstić information content (AvgIpc) is 2.79. The van der Waals surface area contributed by atoms with Crippen molar-refractivity contribution in [1.29, 1.82) is 0 Å². The maximum Gasteiger partial charge on any atom is 0.0574 e. The number of nitrogens with one attached hydrogen (secondary N) is 1. The number of hydrogen-bond acceptors (Lipinski definition) is 1. The molecule has 12 heavy (non-hydrogen) atoms. The van der Waals surface area contributed by atoms with Crippen LogP contribution in [-0.4, -0.2) is 13.1 Å². The van der Waals surface area contributed by atoms with Crippen LogP contribution < -0.4 is 5.32 Å². The monoisotopic (exact) mass is 163 g/mol. The predicted molar refractivity (Wildman–Crippen MR) is 50.7 cm³/mol. The van der Waals surface area contributed by atoms with Gasteiger partial charge in [-0.15, -0.1) is 6.42 Å².